The maximum absolute atomic E-state index is 13.1. The van der Waals surface area contributed by atoms with Crippen LogP contribution in [0.2, 0.25) is 0 Å². The summed E-state index contributed by atoms with van der Waals surface area (Å²) in [5.41, 5.74) is 3.45. The minimum absolute atomic E-state index is 0.243. The van der Waals surface area contributed by atoms with Crippen LogP contribution in [0.4, 0.5) is 10.3 Å². The van der Waals surface area contributed by atoms with Crippen molar-refractivity contribution in [2.24, 2.45) is 7.05 Å². The Morgan fingerprint density at radius 3 is 2.59 bits per heavy atom. The monoisotopic (exact) mass is 394 g/mol. The molecule has 1 aliphatic rings. The molecule has 1 saturated heterocycles. The van der Waals surface area contributed by atoms with Gasteiger partial charge in [-0.25, -0.2) is 14.4 Å². The minimum atomic E-state index is -0.309. The molecule has 0 radical (unpaired) electrons. The van der Waals surface area contributed by atoms with Gasteiger partial charge in [-0.05, 0) is 56.2 Å². The second-order valence-corrected chi connectivity index (χ2v) is 7.22. The molecule has 0 unspecified atom stereocenters. The van der Waals surface area contributed by atoms with E-state index in [1.54, 1.807) is 25.2 Å². The fourth-order valence-electron chi connectivity index (χ4n) is 3.47. The number of rotatable bonds is 5. The highest BCUT2D eigenvalue weighted by molar-refractivity contribution is 5.93. The van der Waals surface area contributed by atoms with Gasteiger partial charge >= 0.3 is 0 Å². The number of amides is 1. The van der Waals surface area contributed by atoms with Crippen LogP contribution in [0.5, 0.6) is 0 Å². The van der Waals surface area contributed by atoms with Gasteiger partial charge in [-0.15, -0.1) is 0 Å². The van der Waals surface area contributed by atoms with Gasteiger partial charge in [0.15, 0.2) is 0 Å². The molecule has 3 heterocycles. The molecule has 0 aliphatic carbocycles. The van der Waals surface area contributed by atoms with Crippen molar-refractivity contribution in [3.05, 3.63) is 59.3 Å². The van der Waals surface area contributed by atoms with Gasteiger partial charge in [-0.3, -0.25) is 9.48 Å². The van der Waals surface area contributed by atoms with Gasteiger partial charge in [0.25, 0.3) is 5.91 Å². The Hall–Kier alpha value is -3.29. The molecule has 0 bridgehead atoms. The molecule has 2 aromatic heterocycles. The molecule has 1 aliphatic heterocycles. The fraction of sp³-hybridized carbons (Fsp3) is 0.333. The molecule has 8 heteroatoms. The van der Waals surface area contributed by atoms with Gasteiger partial charge in [-0.2, -0.15) is 5.10 Å². The Bertz CT molecular complexity index is 1020. The second-order valence-electron chi connectivity index (χ2n) is 7.22. The molecule has 4 rings (SSSR count). The highest BCUT2D eigenvalue weighted by atomic mass is 19.1. The lowest BCUT2D eigenvalue weighted by atomic mass is 10.1. The lowest BCUT2D eigenvalue weighted by Gasteiger charge is -2.16. The summed E-state index contributed by atoms with van der Waals surface area (Å²) in [6.45, 7) is 4.18. The predicted molar refractivity (Wildman–Crippen MR) is 108 cm³/mol. The van der Waals surface area contributed by atoms with Crippen LogP contribution in [0, 0.1) is 12.7 Å². The third-order valence-corrected chi connectivity index (χ3v) is 4.97. The molecular formula is C21H23FN6O. The van der Waals surface area contributed by atoms with Gasteiger partial charge < -0.3 is 10.2 Å². The molecule has 0 atom stereocenters. The number of nitrogens with one attached hydrogen (secondary N) is 1. The number of halogens is 1. The average molecular weight is 394 g/mol. The van der Waals surface area contributed by atoms with Crippen molar-refractivity contribution in [1.29, 1.82) is 0 Å². The number of carbonyl (C=O) groups excluding carboxylic acids is 1. The molecule has 0 saturated carbocycles. The van der Waals surface area contributed by atoms with Crippen molar-refractivity contribution in [3.8, 4) is 11.3 Å². The smallest absolute Gasteiger partial charge is 0.269 e. The van der Waals surface area contributed by atoms with Crippen LogP contribution in [0.3, 0.4) is 0 Å². The zero-order valence-corrected chi connectivity index (χ0v) is 16.5. The number of nitrogens with zero attached hydrogens (tertiary/aromatic N) is 5. The first-order chi connectivity index (χ1) is 14.0. The van der Waals surface area contributed by atoms with Gasteiger partial charge in [0.1, 0.15) is 11.5 Å². The predicted octanol–water partition coefficient (Wildman–Crippen LogP) is 2.85. The summed E-state index contributed by atoms with van der Waals surface area (Å²) in [4.78, 5) is 24.0. The first-order valence-electron chi connectivity index (χ1n) is 9.67. The summed E-state index contributed by atoms with van der Waals surface area (Å²) in [5, 5.41) is 7.27. The van der Waals surface area contributed by atoms with Crippen molar-refractivity contribution in [1.82, 2.24) is 25.1 Å². The van der Waals surface area contributed by atoms with E-state index < -0.39 is 0 Å². The topological polar surface area (TPSA) is 75.9 Å². The number of hydrogen-bond acceptors (Lipinski definition) is 5. The van der Waals surface area contributed by atoms with E-state index in [1.807, 2.05) is 13.0 Å². The Kier molecular flexibility index (Phi) is 5.24. The van der Waals surface area contributed by atoms with Crippen LogP contribution in [-0.4, -0.2) is 38.7 Å². The van der Waals surface area contributed by atoms with Crippen molar-refractivity contribution in [3.63, 3.8) is 0 Å². The maximum Gasteiger partial charge on any atom is 0.269 e. The van der Waals surface area contributed by atoms with Crippen LogP contribution in [0.1, 0.15) is 34.7 Å². The SMILES string of the molecule is Cc1cc(CNC(=O)c2cc(-c3ccc(F)cc3)nn2C)nc(N2CCCC2)n1. The average Bonchev–Trinajstić information content (AvgIpc) is 3.36. The largest absolute Gasteiger partial charge is 0.345 e. The van der Waals surface area contributed by atoms with E-state index in [0.717, 1.165) is 48.8 Å². The van der Waals surface area contributed by atoms with Gasteiger partial charge in [0, 0.05) is 31.4 Å². The third-order valence-electron chi connectivity index (χ3n) is 4.97. The van der Waals surface area contributed by atoms with Crippen molar-refractivity contribution in [2.75, 3.05) is 18.0 Å². The Morgan fingerprint density at radius 2 is 1.86 bits per heavy atom. The zero-order valence-electron chi connectivity index (χ0n) is 16.5. The Labute approximate surface area is 168 Å². The molecule has 0 spiro atoms. The molecule has 3 aromatic rings. The third kappa shape index (κ3) is 4.26. The van der Waals surface area contributed by atoms with E-state index in [4.69, 9.17) is 0 Å². The van der Waals surface area contributed by atoms with Crippen molar-refractivity contribution in [2.45, 2.75) is 26.3 Å². The summed E-state index contributed by atoms with van der Waals surface area (Å²) in [7, 11) is 1.71. The summed E-state index contributed by atoms with van der Waals surface area (Å²) in [6.07, 6.45) is 2.31. The number of anilines is 1. The molecule has 1 fully saturated rings. The maximum atomic E-state index is 13.1. The van der Waals surface area contributed by atoms with E-state index in [-0.39, 0.29) is 11.7 Å². The molecule has 1 aromatic carbocycles. The lowest BCUT2D eigenvalue weighted by molar-refractivity contribution is 0.0941. The van der Waals surface area contributed by atoms with Gasteiger partial charge in [0.05, 0.1) is 17.9 Å². The van der Waals surface area contributed by atoms with E-state index in [9.17, 15) is 9.18 Å². The highest BCUT2D eigenvalue weighted by Gasteiger charge is 2.17. The number of aryl methyl sites for hydroxylation is 2. The van der Waals surface area contributed by atoms with Crippen molar-refractivity contribution < 1.29 is 9.18 Å². The van der Waals surface area contributed by atoms with Crippen molar-refractivity contribution >= 4 is 11.9 Å². The molecule has 7 nitrogen and oxygen atoms in total. The minimum Gasteiger partial charge on any atom is -0.345 e. The summed E-state index contributed by atoms with van der Waals surface area (Å²) in [6, 6.07) is 9.61. The van der Waals surface area contributed by atoms with Crippen LogP contribution in [0.15, 0.2) is 36.4 Å². The lowest BCUT2D eigenvalue weighted by Crippen LogP contribution is -2.26. The zero-order chi connectivity index (χ0) is 20.4. The van der Waals surface area contributed by atoms with Crippen LogP contribution < -0.4 is 10.2 Å². The molecule has 29 heavy (non-hydrogen) atoms. The van der Waals surface area contributed by atoms with E-state index in [2.05, 4.69) is 25.3 Å². The van der Waals surface area contributed by atoms with E-state index in [0.29, 0.717) is 17.9 Å². The number of aromatic nitrogens is 4. The quantitative estimate of drug-likeness (QED) is 0.720. The summed E-state index contributed by atoms with van der Waals surface area (Å²) >= 11 is 0. The van der Waals surface area contributed by atoms with Crippen LogP contribution >= 0.6 is 0 Å². The van der Waals surface area contributed by atoms with E-state index in [1.165, 1.54) is 16.8 Å². The molecule has 1 N–H and O–H groups in total. The van der Waals surface area contributed by atoms with Crippen LogP contribution in [-0.2, 0) is 13.6 Å². The van der Waals surface area contributed by atoms with Gasteiger partial charge in [-0.1, -0.05) is 0 Å². The summed E-state index contributed by atoms with van der Waals surface area (Å²) in [5.74, 6) is 0.175. The molecule has 150 valence electrons. The van der Waals surface area contributed by atoms with E-state index >= 15 is 0 Å². The normalized spacial score (nSPS) is 13.7. The number of hydrogen-bond donors (Lipinski definition) is 1. The first kappa shape index (κ1) is 19.0. The highest BCUT2D eigenvalue weighted by Crippen LogP contribution is 2.20. The fourth-order valence-corrected chi connectivity index (χ4v) is 3.47. The van der Waals surface area contributed by atoms with Crippen LogP contribution in [0.25, 0.3) is 11.3 Å². The Balaban J connectivity index is 1.47. The Morgan fingerprint density at radius 1 is 1.14 bits per heavy atom. The first-order valence-corrected chi connectivity index (χ1v) is 9.67. The molecular weight excluding hydrogens is 371 g/mol. The number of carbonyl (C=O) groups is 1. The van der Waals surface area contributed by atoms with Gasteiger partial charge in [0.2, 0.25) is 5.95 Å². The standard InChI is InChI=1S/C21H23FN6O/c1-14-11-17(25-21(24-14)28-9-3-4-10-28)13-23-20(29)19-12-18(26-27(19)2)15-5-7-16(22)8-6-15/h5-8,11-12H,3-4,9-10,13H2,1-2H3,(H,23,29). The summed E-state index contributed by atoms with van der Waals surface area (Å²) < 4.78 is 14.7. The molecule has 1 amide bonds. The number of benzene rings is 1. The second kappa shape index (κ2) is 7.98.